The molecule has 1 atom stereocenters. The number of nitrogens with zero attached hydrogens (tertiary/aromatic N) is 1. The van der Waals surface area contributed by atoms with E-state index in [1.54, 1.807) is 6.92 Å². The number of carbonyl (C=O) groups is 1. The Labute approximate surface area is 116 Å². The minimum absolute atomic E-state index is 0.0931. The molecule has 7 heteroatoms. The average molecular weight is 283 g/mol. The van der Waals surface area contributed by atoms with Crippen LogP contribution in [0.5, 0.6) is 0 Å². The topological polar surface area (TPSA) is 104 Å². The van der Waals surface area contributed by atoms with Crippen LogP contribution in [0, 0.1) is 5.92 Å². The van der Waals surface area contributed by atoms with Crippen molar-refractivity contribution in [1.82, 2.24) is 15.1 Å². The van der Waals surface area contributed by atoms with E-state index < -0.39 is 22.6 Å². The van der Waals surface area contributed by atoms with E-state index in [1.165, 1.54) is 0 Å². The first-order chi connectivity index (χ1) is 9.19. The van der Waals surface area contributed by atoms with E-state index in [0.29, 0.717) is 12.3 Å². The second kappa shape index (κ2) is 6.51. The van der Waals surface area contributed by atoms with E-state index in [1.807, 2.05) is 13.8 Å². The molecule has 1 heterocycles. The number of rotatable bonds is 6. The van der Waals surface area contributed by atoms with Gasteiger partial charge in [0.05, 0.1) is 5.60 Å². The van der Waals surface area contributed by atoms with Crippen LogP contribution < -0.4 is 16.4 Å². The molecule has 7 nitrogen and oxygen atoms in total. The third kappa shape index (κ3) is 5.40. The predicted molar refractivity (Wildman–Crippen MR) is 74.4 cm³/mol. The van der Waals surface area contributed by atoms with Gasteiger partial charge in [-0.05, 0) is 19.3 Å². The van der Waals surface area contributed by atoms with Gasteiger partial charge < -0.3 is 10.4 Å². The number of carbonyl (C=O) groups excluding carboxylic acids is 1. The fourth-order valence-electron chi connectivity index (χ4n) is 2.02. The molecule has 20 heavy (non-hydrogen) atoms. The lowest BCUT2D eigenvalue weighted by Crippen LogP contribution is -2.44. The Balaban J connectivity index is 2.58. The maximum absolute atomic E-state index is 11.7. The Hall–Kier alpha value is -1.89. The molecule has 0 aliphatic carbocycles. The molecule has 112 valence electrons. The third-order valence-electron chi connectivity index (χ3n) is 2.70. The molecule has 0 saturated carbocycles. The minimum atomic E-state index is -1.00. The Morgan fingerprint density at radius 1 is 1.45 bits per heavy atom. The number of nitrogens with one attached hydrogen (secondary N) is 2. The summed E-state index contributed by atoms with van der Waals surface area (Å²) in [6.45, 7) is 5.40. The summed E-state index contributed by atoms with van der Waals surface area (Å²) < 4.78 is 0.925. The van der Waals surface area contributed by atoms with Crippen LogP contribution >= 0.6 is 0 Å². The fourth-order valence-corrected chi connectivity index (χ4v) is 2.02. The third-order valence-corrected chi connectivity index (χ3v) is 2.70. The molecule has 0 saturated heterocycles. The van der Waals surface area contributed by atoms with Gasteiger partial charge in [-0.1, -0.05) is 13.8 Å². The summed E-state index contributed by atoms with van der Waals surface area (Å²) in [5.74, 6) is -0.145. The van der Waals surface area contributed by atoms with Gasteiger partial charge in [-0.15, -0.1) is 0 Å². The monoisotopic (exact) mass is 283 g/mol. The fraction of sp³-hybridized carbons (Fsp3) is 0.615. The van der Waals surface area contributed by atoms with Crippen molar-refractivity contribution < 1.29 is 9.90 Å². The molecule has 0 aromatic carbocycles. The molecule has 1 rings (SSSR count). The van der Waals surface area contributed by atoms with Crippen molar-refractivity contribution in [2.45, 2.75) is 39.3 Å². The van der Waals surface area contributed by atoms with Crippen LogP contribution in [-0.4, -0.2) is 32.9 Å². The molecule has 0 bridgehead atoms. The lowest BCUT2D eigenvalue weighted by atomic mass is 9.94. The maximum Gasteiger partial charge on any atom is 0.265 e. The van der Waals surface area contributed by atoms with Crippen LogP contribution in [0.25, 0.3) is 0 Å². The zero-order valence-electron chi connectivity index (χ0n) is 12.0. The molecule has 1 aromatic heterocycles. The summed E-state index contributed by atoms with van der Waals surface area (Å²) in [6.07, 6.45) is 0.551. The average Bonchev–Trinajstić information content (AvgIpc) is 2.30. The van der Waals surface area contributed by atoms with Gasteiger partial charge in [0.15, 0.2) is 0 Å². The molecule has 0 aliphatic rings. The molecule has 1 aromatic rings. The van der Waals surface area contributed by atoms with Crippen LogP contribution in [0.15, 0.2) is 21.7 Å². The van der Waals surface area contributed by atoms with Crippen LogP contribution in [0.2, 0.25) is 0 Å². The number of aromatic nitrogens is 2. The van der Waals surface area contributed by atoms with Crippen LogP contribution in [-0.2, 0) is 11.3 Å². The zero-order valence-corrected chi connectivity index (χ0v) is 12.0. The number of aliphatic hydroxyl groups is 1. The highest BCUT2D eigenvalue weighted by Gasteiger charge is 2.22. The van der Waals surface area contributed by atoms with Crippen molar-refractivity contribution in [3.05, 3.63) is 32.8 Å². The van der Waals surface area contributed by atoms with E-state index in [4.69, 9.17) is 0 Å². The molecule has 0 radical (unpaired) electrons. The molecular formula is C13H21N3O4. The molecule has 1 amide bonds. The molecule has 1 unspecified atom stereocenters. The van der Waals surface area contributed by atoms with Gasteiger partial charge in [-0.25, -0.2) is 4.68 Å². The van der Waals surface area contributed by atoms with E-state index in [9.17, 15) is 19.5 Å². The molecule has 0 fully saturated rings. The molecule has 0 spiro atoms. The second-order valence-corrected chi connectivity index (χ2v) is 5.61. The van der Waals surface area contributed by atoms with Gasteiger partial charge in [0.1, 0.15) is 6.54 Å². The summed E-state index contributed by atoms with van der Waals surface area (Å²) in [5, 5.41) is 14.9. The minimum Gasteiger partial charge on any atom is -0.388 e. The van der Waals surface area contributed by atoms with Crippen molar-refractivity contribution in [3.63, 3.8) is 0 Å². The van der Waals surface area contributed by atoms with E-state index in [-0.39, 0.29) is 13.1 Å². The maximum atomic E-state index is 11.7. The highest BCUT2D eigenvalue weighted by molar-refractivity contribution is 5.75. The Kier molecular flexibility index (Phi) is 5.26. The SMILES string of the molecule is CC(C)CC(C)(O)CNC(=O)Cn1[nH]c(=O)ccc1=O. The highest BCUT2D eigenvalue weighted by atomic mass is 16.3. The smallest absolute Gasteiger partial charge is 0.265 e. The van der Waals surface area contributed by atoms with Crippen LogP contribution in [0.4, 0.5) is 0 Å². The van der Waals surface area contributed by atoms with Crippen molar-refractivity contribution in [1.29, 1.82) is 0 Å². The van der Waals surface area contributed by atoms with E-state index >= 15 is 0 Å². The van der Waals surface area contributed by atoms with Gasteiger partial charge in [-0.2, -0.15) is 0 Å². The first-order valence-corrected chi connectivity index (χ1v) is 6.49. The first-order valence-electron chi connectivity index (χ1n) is 6.49. The normalized spacial score (nSPS) is 14.1. The summed E-state index contributed by atoms with van der Waals surface area (Å²) in [4.78, 5) is 34.2. The standard InChI is InChI=1S/C13H21N3O4/c1-9(2)6-13(3,20)8-14-11(18)7-16-12(19)5-4-10(17)15-16/h4-5,9,20H,6-8H2,1-3H3,(H,14,18)(H,15,17). The lowest BCUT2D eigenvalue weighted by Gasteiger charge is -2.25. The summed E-state index contributed by atoms with van der Waals surface area (Å²) in [6, 6.07) is 2.20. The number of aromatic amines is 1. The van der Waals surface area contributed by atoms with Crippen LogP contribution in [0.3, 0.4) is 0 Å². The summed E-state index contributed by atoms with van der Waals surface area (Å²) >= 11 is 0. The van der Waals surface area contributed by atoms with E-state index in [2.05, 4.69) is 10.4 Å². The first kappa shape index (κ1) is 16.2. The van der Waals surface area contributed by atoms with Crippen molar-refractivity contribution >= 4 is 5.91 Å². The highest BCUT2D eigenvalue weighted by Crippen LogP contribution is 2.14. The van der Waals surface area contributed by atoms with Crippen molar-refractivity contribution in [2.75, 3.05) is 6.54 Å². The Morgan fingerprint density at radius 3 is 2.70 bits per heavy atom. The van der Waals surface area contributed by atoms with Crippen molar-refractivity contribution in [3.8, 4) is 0 Å². The summed E-state index contributed by atoms with van der Waals surface area (Å²) in [7, 11) is 0. The van der Waals surface area contributed by atoms with Gasteiger partial charge in [0.25, 0.3) is 11.1 Å². The summed E-state index contributed by atoms with van der Waals surface area (Å²) in [5.41, 5.74) is -1.92. The van der Waals surface area contributed by atoms with Gasteiger partial charge in [0.2, 0.25) is 5.91 Å². The Morgan fingerprint density at radius 2 is 2.10 bits per heavy atom. The van der Waals surface area contributed by atoms with Crippen LogP contribution in [0.1, 0.15) is 27.2 Å². The molecule has 3 N–H and O–H groups in total. The van der Waals surface area contributed by atoms with Gasteiger partial charge in [0, 0.05) is 18.7 Å². The van der Waals surface area contributed by atoms with Gasteiger partial charge in [-0.3, -0.25) is 19.5 Å². The quantitative estimate of drug-likeness (QED) is 0.651. The number of H-pyrrole nitrogens is 1. The lowest BCUT2D eigenvalue weighted by molar-refractivity contribution is -0.123. The molecular weight excluding hydrogens is 262 g/mol. The van der Waals surface area contributed by atoms with E-state index in [0.717, 1.165) is 16.8 Å². The largest absolute Gasteiger partial charge is 0.388 e. The zero-order chi connectivity index (χ0) is 15.3. The van der Waals surface area contributed by atoms with Gasteiger partial charge >= 0.3 is 0 Å². The number of hydrogen-bond donors (Lipinski definition) is 3. The Bertz CT molecular complexity index is 571. The second-order valence-electron chi connectivity index (χ2n) is 5.61. The number of hydrogen-bond acceptors (Lipinski definition) is 4. The number of amides is 1. The molecule has 0 aliphatic heterocycles. The van der Waals surface area contributed by atoms with Crippen molar-refractivity contribution in [2.24, 2.45) is 5.92 Å². The predicted octanol–water partition coefficient (Wildman–Crippen LogP) is -0.550.